The normalized spacial score (nSPS) is 30.1. The van der Waals surface area contributed by atoms with E-state index in [2.05, 4.69) is 10.1 Å². The minimum atomic E-state index is 0.103. The summed E-state index contributed by atoms with van der Waals surface area (Å²) < 4.78 is 2.03. The summed E-state index contributed by atoms with van der Waals surface area (Å²) in [6.07, 6.45) is 4.73. The molecule has 0 spiro atoms. The Labute approximate surface area is 100.0 Å². The predicted molar refractivity (Wildman–Crippen MR) is 65.5 cm³/mol. The number of aromatic nitrogens is 3. The smallest absolute Gasteiger partial charge is 0.154 e. The number of hydrogen-bond acceptors (Lipinski definition) is 4. The van der Waals surface area contributed by atoms with Gasteiger partial charge in [-0.1, -0.05) is 0 Å². The molecule has 0 bridgehead atoms. The van der Waals surface area contributed by atoms with Crippen molar-refractivity contribution in [3.05, 3.63) is 11.6 Å². The molecule has 1 saturated heterocycles. The molecular weight excluding hydrogens is 220 g/mol. The highest BCUT2D eigenvalue weighted by Crippen LogP contribution is 2.31. The second-order valence-corrected chi connectivity index (χ2v) is 5.86. The first-order chi connectivity index (χ1) is 7.84. The van der Waals surface area contributed by atoms with Crippen LogP contribution in [0.15, 0.2) is 0 Å². The largest absolute Gasteiger partial charge is 0.321 e. The second kappa shape index (κ2) is 4.37. The highest BCUT2D eigenvalue weighted by molar-refractivity contribution is 7.99. The van der Waals surface area contributed by atoms with Crippen molar-refractivity contribution < 1.29 is 0 Å². The number of nitrogens with two attached hydrogens (primary N) is 1. The van der Waals surface area contributed by atoms with Gasteiger partial charge in [-0.05, 0) is 31.4 Å². The van der Waals surface area contributed by atoms with Gasteiger partial charge in [0.2, 0.25) is 0 Å². The van der Waals surface area contributed by atoms with E-state index in [-0.39, 0.29) is 6.04 Å². The number of fused-ring (bicyclic) bond motifs is 1. The maximum Gasteiger partial charge on any atom is 0.154 e. The molecule has 0 radical (unpaired) electrons. The number of thioether (sulfide) groups is 1. The number of hydrogen-bond donors (Lipinski definition) is 1. The van der Waals surface area contributed by atoms with E-state index in [1.54, 1.807) is 0 Å². The van der Waals surface area contributed by atoms with Crippen molar-refractivity contribution >= 4 is 11.8 Å². The molecular formula is C11H18N4S. The van der Waals surface area contributed by atoms with Crippen LogP contribution in [0.1, 0.15) is 49.3 Å². The van der Waals surface area contributed by atoms with Crippen molar-refractivity contribution in [2.75, 3.05) is 11.5 Å². The van der Waals surface area contributed by atoms with Gasteiger partial charge in [0.15, 0.2) is 5.82 Å². The fraction of sp³-hybridized carbons (Fsp3) is 0.818. The van der Waals surface area contributed by atoms with E-state index in [9.17, 15) is 0 Å². The first kappa shape index (κ1) is 10.6. The molecule has 16 heavy (non-hydrogen) atoms. The van der Waals surface area contributed by atoms with Crippen molar-refractivity contribution in [1.82, 2.24) is 14.8 Å². The zero-order valence-electron chi connectivity index (χ0n) is 9.43. The number of nitrogens with zero attached hydrogens (tertiary/aromatic N) is 3. The standard InChI is InChI=1S/C11H18N4S/c12-9-4-1-5-15-11(9)13-10(14-15)8-3-2-6-16-7-8/h8-9H,1-7,12H2. The molecule has 4 nitrogen and oxygen atoms in total. The van der Waals surface area contributed by atoms with Crippen LogP contribution in [0.5, 0.6) is 0 Å². The molecule has 2 aliphatic heterocycles. The minimum Gasteiger partial charge on any atom is -0.321 e. The predicted octanol–water partition coefficient (Wildman–Crippen LogP) is 1.68. The van der Waals surface area contributed by atoms with Gasteiger partial charge in [0, 0.05) is 18.2 Å². The molecule has 3 heterocycles. The van der Waals surface area contributed by atoms with Gasteiger partial charge >= 0.3 is 0 Å². The van der Waals surface area contributed by atoms with Gasteiger partial charge in [-0.25, -0.2) is 9.67 Å². The van der Waals surface area contributed by atoms with Crippen LogP contribution >= 0.6 is 11.8 Å². The number of rotatable bonds is 1. The molecule has 1 aromatic heterocycles. The van der Waals surface area contributed by atoms with Gasteiger partial charge in [-0.3, -0.25) is 0 Å². The lowest BCUT2D eigenvalue weighted by molar-refractivity contribution is 0.421. The van der Waals surface area contributed by atoms with Crippen LogP contribution in [0, 0.1) is 0 Å². The second-order valence-electron chi connectivity index (χ2n) is 4.71. The van der Waals surface area contributed by atoms with E-state index in [0.29, 0.717) is 5.92 Å². The summed E-state index contributed by atoms with van der Waals surface area (Å²) in [5.41, 5.74) is 6.06. The fourth-order valence-electron chi connectivity index (χ4n) is 2.52. The van der Waals surface area contributed by atoms with E-state index in [0.717, 1.165) is 31.0 Å². The molecule has 2 N–H and O–H groups in total. The van der Waals surface area contributed by atoms with Gasteiger partial charge in [-0.2, -0.15) is 16.9 Å². The summed E-state index contributed by atoms with van der Waals surface area (Å²) >= 11 is 2.02. The first-order valence-electron chi connectivity index (χ1n) is 6.12. The van der Waals surface area contributed by atoms with Crippen LogP contribution < -0.4 is 5.73 Å². The van der Waals surface area contributed by atoms with Gasteiger partial charge in [0.1, 0.15) is 5.82 Å². The minimum absolute atomic E-state index is 0.103. The number of aryl methyl sites for hydroxylation is 1. The van der Waals surface area contributed by atoms with Gasteiger partial charge < -0.3 is 5.73 Å². The monoisotopic (exact) mass is 238 g/mol. The Morgan fingerprint density at radius 2 is 2.25 bits per heavy atom. The molecule has 1 aromatic rings. The Bertz CT molecular complexity index is 370. The third-order valence-corrected chi connectivity index (χ3v) is 4.67. The molecule has 0 saturated carbocycles. The summed E-state index contributed by atoms with van der Waals surface area (Å²) in [6.45, 7) is 0.996. The molecule has 0 amide bonds. The lowest BCUT2D eigenvalue weighted by Crippen LogP contribution is -2.22. The zero-order chi connectivity index (χ0) is 11.0. The van der Waals surface area contributed by atoms with Crippen LogP contribution in [0.25, 0.3) is 0 Å². The highest BCUT2D eigenvalue weighted by atomic mass is 32.2. The van der Waals surface area contributed by atoms with Crippen LogP contribution in [0.4, 0.5) is 0 Å². The quantitative estimate of drug-likeness (QED) is 0.809. The molecule has 0 aromatic carbocycles. The van der Waals surface area contributed by atoms with E-state index in [1.165, 1.54) is 24.3 Å². The SMILES string of the molecule is NC1CCCn2nc(C3CCCSC3)nc21. The van der Waals surface area contributed by atoms with Crippen LogP contribution in [0.2, 0.25) is 0 Å². The van der Waals surface area contributed by atoms with E-state index >= 15 is 0 Å². The maximum atomic E-state index is 6.06. The third-order valence-electron chi connectivity index (χ3n) is 3.46. The lowest BCUT2D eigenvalue weighted by Gasteiger charge is -2.17. The third kappa shape index (κ3) is 1.86. The molecule has 5 heteroatoms. The van der Waals surface area contributed by atoms with Gasteiger partial charge in [0.05, 0.1) is 6.04 Å². The Morgan fingerprint density at radius 1 is 1.31 bits per heavy atom. The van der Waals surface area contributed by atoms with Crippen molar-refractivity contribution in [1.29, 1.82) is 0 Å². The highest BCUT2D eigenvalue weighted by Gasteiger charge is 2.25. The van der Waals surface area contributed by atoms with Crippen molar-refractivity contribution in [2.24, 2.45) is 5.73 Å². The molecule has 3 rings (SSSR count). The van der Waals surface area contributed by atoms with Crippen LogP contribution in [-0.4, -0.2) is 26.3 Å². The molecule has 2 aliphatic rings. The Balaban J connectivity index is 1.85. The maximum absolute atomic E-state index is 6.06. The van der Waals surface area contributed by atoms with Crippen molar-refractivity contribution in [3.63, 3.8) is 0 Å². The van der Waals surface area contributed by atoms with E-state index < -0.39 is 0 Å². The van der Waals surface area contributed by atoms with Crippen LogP contribution in [0.3, 0.4) is 0 Å². The summed E-state index contributed by atoms with van der Waals surface area (Å²) in [4.78, 5) is 4.67. The van der Waals surface area contributed by atoms with E-state index in [1.807, 2.05) is 16.4 Å². The van der Waals surface area contributed by atoms with Crippen molar-refractivity contribution in [2.45, 2.75) is 44.2 Å². The fourth-order valence-corrected chi connectivity index (χ4v) is 3.66. The average Bonchev–Trinajstić information content (AvgIpc) is 2.76. The van der Waals surface area contributed by atoms with Crippen LogP contribution in [-0.2, 0) is 6.54 Å². The summed E-state index contributed by atoms with van der Waals surface area (Å²) in [7, 11) is 0. The lowest BCUT2D eigenvalue weighted by atomic mass is 10.1. The average molecular weight is 238 g/mol. The summed E-state index contributed by atoms with van der Waals surface area (Å²) in [5, 5.41) is 4.64. The molecule has 0 aliphatic carbocycles. The zero-order valence-corrected chi connectivity index (χ0v) is 10.2. The molecule has 2 atom stereocenters. The van der Waals surface area contributed by atoms with Crippen molar-refractivity contribution in [3.8, 4) is 0 Å². The molecule has 2 unspecified atom stereocenters. The Kier molecular flexibility index (Phi) is 2.90. The Morgan fingerprint density at radius 3 is 3.00 bits per heavy atom. The summed E-state index contributed by atoms with van der Waals surface area (Å²) in [6, 6.07) is 0.103. The van der Waals surface area contributed by atoms with Gasteiger partial charge in [-0.15, -0.1) is 0 Å². The van der Waals surface area contributed by atoms with E-state index in [4.69, 9.17) is 5.73 Å². The first-order valence-corrected chi connectivity index (χ1v) is 7.28. The molecule has 1 fully saturated rings. The Hall–Kier alpha value is -0.550. The van der Waals surface area contributed by atoms with Gasteiger partial charge in [0.25, 0.3) is 0 Å². The topological polar surface area (TPSA) is 56.7 Å². The summed E-state index contributed by atoms with van der Waals surface area (Å²) in [5.74, 6) is 5.09. The molecule has 88 valence electrons.